The first-order valence-corrected chi connectivity index (χ1v) is 11.2. The molecule has 1 unspecified atom stereocenters. The highest BCUT2D eigenvalue weighted by molar-refractivity contribution is 5.81. The lowest BCUT2D eigenvalue weighted by atomic mass is 9.44. The van der Waals surface area contributed by atoms with Crippen LogP contribution in [0.5, 0.6) is 0 Å². The molecule has 150 valence electrons. The Balaban J connectivity index is 1.40. The summed E-state index contributed by atoms with van der Waals surface area (Å²) in [5.74, 6) is 3.08. The van der Waals surface area contributed by atoms with Gasteiger partial charge < -0.3 is 9.47 Å². The van der Waals surface area contributed by atoms with Gasteiger partial charge in [0.05, 0.1) is 5.41 Å². The van der Waals surface area contributed by atoms with Crippen LogP contribution in [0.4, 0.5) is 0 Å². The molecule has 1 aliphatic heterocycles. The van der Waals surface area contributed by atoms with Crippen molar-refractivity contribution in [2.24, 2.45) is 40.4 Å². The zero-order valence-electron chi connectivity index (χ0n) is 17.0. The third kappa shape index (κ3) is 2.34. The van der Waals surface area contributed by atoms with Crippen LogP contribution in [0.2, 0.25) is 0 Å². The van der Waals surface area contributed by atoms with Gasteiger partial charge in [-0.1, -0.05) is 6.92 Å². The van der Waals surface area contributed by atoms with E-state index in [4.69, 9.17) is 9.47 Å². The molecule has 0 aromatic carbocycles. The average Bonchev–Trinajstić information content (AvgIpc) is 3.11. The number of rotatable bonds is 1. The molecule has 9 atom stereocenters. The van der Waals surface area contributed by atoms with Gasteiger partial charge in [0.2, 0.25) is 0 Å². The van der Waals surface area contributed by atoms with Crippen molar-refractivity contribution >= 4 is 11.9 Å². The van der Waals surface area contributed by atoms with Crippen molar-refractivity contribution in [1.29, 1.82) is 0 Å². The summed E-state index contributed by atoms with van der Waals surface area (Å²) in [6.45, 7) is 6.16. The minimum Gasteiger partial charge on any atom is -0.463 e. The largest absolute Gasteiger partial charge is 0.463 e. The van der Waals surface area contributed by atoms with Crippen LogP contribution >= 0.6 is 0 Å². The quantitative estimate of drug-likeness (QED) is 0.634. The van der Waals surface area contributed by atoms with E-state index < -0.39 is 0 Å². The van der Waals surface area contributed by atoms with Crippen LogP contribution in [0.25, 0.3) is 0 Å². The molecule has 4 nitrogen and oxygen atoms in total. The number of hydrogen-bond acceptors (Lipinski definition) is 4. The van der Waals surface area contributed by atoms with Crippen molar-refractivity contribution in [3.63, 3.8) is 0 Å². The Morgan fingerprint density at radius 1 is 1.04 bits per heavy atom. The van der Waals surface area contributed by atoms with Crippen LogP contribution in [0.15, 0.2) is 0 Å². The molecule has 1 spiro atoms. The van der Waals surface area contributed by atoms with E-state index in [0.717, 1.165) is 25.2 Å². The summed E-state index contributed by atoms with van der Waals surface area (Å²) in [5.41, 5.74) is 0.201. The summed E-state index contributed by atoms with van der Waals surface area (Å²) < 4.78 is 11.3. The maximum atomic E-state index is 12.9. The van der Waals surface area contributed by atoms with Crippen molar-refractivity contribution in [2.75, 3.05) is 0 Å². The predicted molar refractivity (Wildman–Crippen MR) is 101 cm³/mol. The first kappa shape index (κ1) is 18.0. The van der Waals surface area contributed by atoms with E-state index in [2.05, 4.69) is 13.8 Å². The molecule has 5 aliphatic rings. The third-order valence-electron chi connectivity index (χ3n) is 9.77. The smallest absolute Gasteiger partial charge is 0.313 e. The molecule has 0 bridgehead atoms. The maximum Gasteiger partial charge on any atom is 0.313 e. The van der Waals surface area contributed by atoms with E-state index in [1.807, 2.05) is 0 Å². The molecule has 5 fully saturated rings. The van der Waals surface area contributed by atoms with Crippen molar-refractivity contribution < 1.29 is 19.1 Å². The molecular formula is C23H34O4. The molecule has 4 saturated carbocycles. The second-order valence-electron chi connectivity index (χ2n) is 10.5. The molecule has 1 heterocycles. The highest BCUT2D eigenvalue weighted by atomic mass is 16.6. The summed E-state index contributed by atoms with van der Waals surface area (Å²) in [6, 6.07) is 0. The molecule has 0 aromatic rings. The SMILES string of the molecule is CC(=O)O[C@@H]1CC[C@@]2(C)[C@@H](CC[C@@H]3[C@@H]2CC[C@]24C(=O)O[C@H](C)C2CC[C@@H]34)C1. The number of ether oxygens (including phenoxy) is 2. The lowest BCUT2D eigenvalue weighted by Gasteiger charge is -2.60. The van der Waals surface area contributed by atoms with Crippen LogP contribution < -0.4 is 0 Å². The predicted octanol–water partition coefficient (Wildman–Crippen LogP) is 4.50. The van der Waals surface area contributed by atoms with Gasteiger partial charge in [-0.3, -0.25) is 9.59 Å². The minimum absolute atomic E-state index is 0.116. The van der Waals surface area contributed by atoms with Crippen LogP contribution in [-0.2, 0) is 19.1 Å². The van der Waals surface area contributed by atoms with Crippen LogP contribution in [0, 0.1) is 40.4 Å². The van der Waals surface area contributed by atoms with Crippen molar-refractivity contribution in [3.8, 4) is 0 Å². The monoisotopic (exact) mass is 374 g/mol. The molecule has 0 N–H and O–H groups in total. The summed E-state index contributed by atoms with van der Waals surface area (Å²) in [4.78, 5) is 24.3. The number of esters is 2. The van der Waals surface area contributed by atoms with E-state index in [1.54, 1.807) is 0 Å². The van der Waals surface area contributed by atoms with Crippen LogP contribution in [-0.4, -0.2) is 24.1 Å². The van der Waals surface area contributed by atoms with Crippen molar-refractivity contribution in [2.45, 2.75) is 90.8 Å². The zero-order valence-corrected chi connectivity index (χ0v) is 17.0. The molecule has 5 rings (SSSR count). The fraction of sp³-hybridized carbons (Fsp3) is 0.913. The molecule has 1 saturated heterocycles. The Morgan fingerprint density at radius 2 is 1.81 bits per heavy atom. The zero-order chi connectivity index (χ0) is 19.0. The molecule has 0 radical (unpaired) electrons. The van der Waals surface area contributed by atoms with E-state index >= 15 is 0 Å². The van der Waals surface area contributed by atoms with Crippen molar-refractivity contribution in [1.82, 2.24) is 0 Å². The van der Waals surface area contributed by atoms with Crippen LogP contribution in [0.1, 0.15) is 78.6 Å². The Kier molecular flexibility index (Phi) is 3.98. The lowest BCUT2D eigenvalue weighted by Crippen LogP contribution is -2.55. The van der Waals surface area contributed by atoms with Gasteiger partial charge in [-0.2, -0.15) is 0 Å². The van der Waals surface area contributed by atoms with E-state index in [9.17, 15) is 9.59 Å². The molecule has 0 amide bonds. The fourth-order valence-corrected chi connectivity index (χ4v) is 8.70. The van der Waals surface area contributed by atoms with Gasteiger partial charge in [-0.05, 0) is 93.8 Å². The number of fused-ring (bicyclic) bond motifs is 4. The van der Waals surface area contributed by atoms with Crippen molar-refractivity contribution in [3.05, 3.63) is 0 Å². The second kappa shape index (κ2) is 5.97. The van der Waals surface area contributed by atoms with Gasteiger partial charge in [0.1, 0.15) is 12.2 Å². The second-order valence-corrected chi connectivity index (χ2v) is 10.5. The number of carbonyl (C=O) groups is 2. The Labute approximate surface area is 162 Å². The Hall–Kier alpha value is -1.06. The Morgan fingerprint density at radius 3 is 2.59 bits per heavy atom. The van der Waals surface area contributed by atoms with Gasteiger partial charge in [-0.25, -0.2) is 0 Å². The standard InChI is InChI=1S/C23H34O4/c1-13-18-6-7-20-17-5-4-15-12-16(27-14(2)24)8-10-22(15,3)19(17)9-11-23(18,20)21(25)26-13/h13,15-20H,4-12H2,1-3H3/t13-,15+,16-,17-,18?,19+,20+,22+,23+/m1/s1. The average molecular weight is 375 g/mol. The lowest BCUT2D eigenvalue weighted by molar-refractivity contribution is -0.167. The number of hydrogen-bond donors (Lipinski definition) is 0. The third-order valence-corrected chi connectivity index (χ3v) is 9.77. The Bertz CT molecular complexity index is 659. The fourth-order valence-electron chi connectivity index (χ4n) is 8.70. The first-order chi connectivity index (χ1) is 12.9. The molecule has 4 aliphatic carbocycles. The molecule has 4 heteroatoms. The van der Waals surface area contributed by atoms with E-state index in [-0.39, 0.29) is 29.6 Å². The van der Waals surface area contributed by atoms with Gasteiger partial charge >= 0.3 is 11.9 Å². The normalized spacial score (nSPS) is 53.6. The summed E-state index contributed by atoms with van der Waals surface area (Å²) in [5, 5.41) is 0. The van der Waals surface area contributed by atoms with Gasteiger partial charge in [-0.15, -0.1) is 0 Å². The van der Waals surface area contributed by atoms with Gasteiger partial charge in [0.25, 0.3) is 0 Å². The molecule has 27 heavy (non-hydrogen) atoms. The summed E-state index contributed by atoms with van der Waals surface area (Å²) in [6.07, 6.45) is 10.6. The highest BCUT2D eigenvalue weighted by Crippen LogP contribution is 2.69. The topological polar surface area (TPSA) is 52.6 Å². The van der Waals surface area contributed by atoms with E-state index in [0.29, 0.717) is 29.1 Å². The van der Waals surface area contributed by atoms with Gasteiger partial charge in [0, 0.05) is 12.8 Å². The molecular weight excluding hydrogens is 340 g/mol. The first-order valence-electron chi connectivity index (χ1n) is 11.2. The number of cyclic esters (lactones) is 1. The maximum absolute atomic E-state index is 12.9. The highest BCUT2D eigenvalue weighted by Gasteiger charge is 2.68. The van der Waals surface area contributed by atoms with Crippen LogP contribution in [0.3, 0.4) is 0 Å². The summed E-state index contributed by atoms with van der Waals surface area (Å²) in [7, 11) is 0. The molecule has 0 aromatic heterocycles. The van der Waals surface area contributed by atoms with Gasteiger partial charge in [0.15, 0.2) is 0 Å². The summed E-state index contributed by atoms with van der Waals surface area (Å²) >= 11 is 0. The number of carbonyl (C=O) groups excluding carboxylic acids is 2. The minimum atomic E-state index is -0.154. The van der Waals surface area contributed by atoms with E-state index in [1.165, 1.54) is 45.4 Å².